The van der Waals surface area contributed by atoms with Gasteiger partial charge in [0.1, 0.15) is 11.6 Å². The Labute approximate surface area is 118 Å². The zero-order valence-corrected chi connectivity index (χ0v) is 11.8. The number of hydrogen-bond acceptors (Lipinski definition) is 3. The molecule has 0 aliphatic carbocycles. The van der Waals surface area contributed by atoms with Crippen LogP contribution in [0, 0.1) is 5.82 Å². The average Bonchev–Trinajstić information content (AvgIpc) is 2.47. The summed E-state index contributed by atoms with van der Waals surface area (Å²) in [6.07, 6.45) is 3.31. The maximum absolute atomic E-state index is 13.2. The van der Waals surface area contributed by atoms with Crippen molar-refractivity contribution in [3.63, 3.8) is 0 Å². The number of halogens is 1. The van der Waals surface area contributed by atoms with Crippen molar-refractivity contribution in [3.8, 4) is 5.75 Å². The van der Waals surface area contributed by atoms with Gasteiger partial charge in [0.05, 0.1) is 0 Å². The molecule has 0 saturated carbocycles. The molecule has 1 amide bonds. The van der Waals surface area contributed by atoms with Crippen LogP contribution in [0.15, 0.2) is 18.2 Å². The molecule has 0 bridgehead atoms. The topological polar surface area (TPSA) is 41.6 Å². The Hall–Kier alpha value is -1.62. The Morgan fingerprint density at radius 2 is 2.10 bits per heavy atom. The van der Waals surface area contributed by atoms with E-state index >= 15 is 0 Å². The molecular weight excluding hydrogens is 259 g/mol. The molecule has 0 unspecified atom stereocenters. The first kappa shape index (κ1) is 14.8. The van der Waals surface area contributed by atoms with Gasteiger partial charge in [-0.2, -0.15) is 0 Å². The lowest BCUT2D eigenvalue weighted by atomic mass is 10.1. The van der Waals surface area contributed by atoms with E-state index in [-0.39, 0.29) is 18.3 Å². The fraction of sp³-hybridized carbons (Fsp3) is 0.533. The fourth-order valence-electron chi connectivity index (χ4n) is 2.39. The van der Waals surface area contributed by atoms with E-state index < -0.39 is 0 Å². The Bertz CT molecular complexity index is 459. The number of nitrogens with one attached hydrogen (secondary N) is 1. The molecule has 1 aliphatic rings. The Balaban J connectivity index is 1.94. The third kappa shape index (κ3) is 3.93. The number of nitrogens with zero attached hydrogens (tertiary/aromatic N) is 1. The van der Waals surface area contributed by atoms with Crippen LogP contribution in [-0.2, 0) is 11.3 Å². The lowest BCUT2D eigenvalue weighted by molar-refractivity contribution is -0.134. The molecule has 0 aromatic heterocycles. The van der Waals surface area contributed by atoms with Crippen molar-refractivity contribution in [2.24, 2.45) is 0 Å². The molecule has 4 nitrogen and oxygen atoms in total. The van der Waals surface area contributed by atoms with Gasteiger partial charge in [-0.25, -0.2) is 4.39 Å². The second-order valence-electron chi connectivity index (χ2n) is 5.01. The minimum Gasteiger partial charge on any atom is -0.483 e. The summed E-state index contributed by atoms with van der Waals surface area (Å²) in [5, 5.41) is 2.96. The molecule has 1 aliphatic heterocycles. The van der Waals surface area contributed by atoms with Crippen molar-refractivity contribution >= 4 is 5.91 Å². The largest absolute Gasteiger partial charge is 0.483 e. The van der Waals surface area contributed by atoms with Gasteiger partial charge in [-0.3, -0.25) is 4.79 Å². The van der Waals surface area contributed by atoms with Gasteiger partial charge in [0, 0.05) is 25.2 Å². The van der Waals surface area contributed by atoms with Gasteiger partial charge in [0.2, 0.25) is 0 Å². The van der Waals surface area contributed by atoms with Gasteiger partial charge in [0.15, 0.2) is 6.61 Å². The van der Waals surface area contributed by atoms with Gasteiger partial charge in [-0.05, 0) is 44.5 Å². The maximum Gasteiger partial charge on any atom is 0.260 e. The smallest absolute Gasteiger partial charge is 0.260 e. The zero-order valence-electron chi connectivity index (χ0n) is 11.8. The Kier molecular flexibility index (Phi) is 5.35. The van der Waals surface area contributed by atoms with Gasteiger partial charge in [-0.15, -0.1) is 0 Å². The number of piperidine rings is 1. The number of carbonyl (C=O) groups is 1. The number of amides is 1. The van der Waals surface area contributed by atoms with E-state index in [1.54, 1.807) is 13.1 Å². The van der Waals surface area contributed by atoms with Crippen molar-refractivity contribution in [1.82, 2.24) is 10.2 Å². The van der Waals surface area contributed by atoms with Crippen molar-refractivity contribution in [3.05, 3.63) is 29.6 Å². The summed E-state index contributed by atoms with van der Waals surface area (Å²) in [4.78, 5) is 13.9. The minimum absolute atomic E-state index is 0.00410. The molecule has 0 atom stereocenters. The molecule has 20 heavy (non-hydrogen) atoms. The molecule has 2 rings (SSSR count). The van der Waals surface area contributed by atoms with Crippen LogP contribution in [0.3, 0.4) is 0 Å². The van der Waals surface area contributed by atoms with Gasteiger partial charge in [-0.1, -0.05) is 0 Å². The standard InChI is InChI=1S/C15H21FN2O2/c1-17-10-12-9-13(16)5-6-14(12)20-11-15(19)18-7-3-2-4-8-18/h5-6,9,17H,2-4,7-8,10-11H2,1H3. The number of benzene rings is 1. The third-order valence-electron chi connectivity index (χ3n) is 3.45. The monoisotopic (exact) mass is 280 g/mol. The first-order chi connectivity index (χ1) is 9.70. The highest BCUT2D eigenvalue weighted by Gasteiger charge is 2.17. The molecule has 0 radical (unpaired) electrons. The molecule has 1 aromatic carbocycles. The fourth-order valence-corrected chi connectivity index (χ4v) is 2.39. The van der Waals surface area contributed by atoms with Crippen molar-refractivity contribution in [1.29, 1.82) is 0 Å². The molecular formula is C15H21FN2O2. The highest BCUT2D eigenvalue weighted by atomic mass is 19.1. The average molecular weight is 280 g/mol. The van der Waals surface area contributed by atoms with E-state index in [0.29, 0.717) is 12.3 Å². The molecule has 1 saturated heterocycles. The molecule has 1 heterocycles. The first-order valence-corrected chi connectivity index (χ1v) is 7.04. The lowest BCUT2D eigenvalue weighted by Gasteiger charge is -2.26. The quantitative estimate of drug-likeness (QED) is 0.896. The van der Waals surface area contributed by atoms with Crippen LogP contribution in [0.1, 0.15) is 24.8 Å². The normalized spacial score (nSPS) is 15.2. The number of carbonyl (C=O) groups excluding carboxylic acids is 1. The van der Waals surface area contributed by atoms with E-state index in [9.17, 15) is 9.18 Å². The SMILES string of the molecule is CNCc1cc(F)ccc1OCC(=O)N1CCCCC1. The number of rotatable bonds is 5. The summed E-state index contributed by atoms with van der Waals surface area (Å²) in [5.41, 5.74) is 0.721. The zero-order chi connectivity index (χ0) is 14.4. The highest BCUT2D eigenvalue weighted by Crippen LogP contribution is 2.20. The molecule has 1 N–H and O–H groups in total. The van der Waals surface area contributed by atoms with E-state index in [0.717, 1.165) is 31.5 Å². The molecule has 1 aromatic rings. The van der Waals surface area contributed by atoms with Crippen molar-refractivity contribution < 1.29 is 13.9 Å². The van der Waals surface area contributed by atoms with E-state index in [1.165, 1.54) is 18.6 Å². The van der Waals surface area contributed by atoms with Crippen LogP contribution in [0.25, 0.3) is 0 Å². The molecule has 1 fully saturated rings. The summed E-state index contributed by atoms with van der Waals surface area (Å²) in [6.45, 7) is 2.15. The number of likely N-dealkylation sites (tertiary alicyclic amines) is 1. The van der Waals surface area contributed by atoms with Crippen LogP contribution in [0.5, 0.6) is 5.75 Å². The number of hydrogen-bond donors (Lipinski definition) is 1. The number of ether oxygens (including phenoxy) is 1. The van der Waals surface area contributed by atoms with Gasteiger partial charge < -0.3 is 15.0 Å². The summed E-state index contributed by atoms with van der Waals surface area (Å²) >= 11 is 0. The minimum atomic E-state index is -0.301. The Morgan fingerprint density at radius 1 is 1.35 bits per heavy atom. The van der Waals surface area contributed by atoms with Gasteiger partial charge in [0.25, 0.3) is 5.91 Å². The predicted molar refractivity (Wildman–Crippen MR) is 75.1 cm³/mol. The second-order valence-corrected chi connectivity index (χ2v) is 5.01. The van der Waals surface area contributed by atoms with Crippen LogP contribution in [0.4, 0.5) is 4.39 Å². The van der Waals surface area contributed by atoms with E-state index in [1.807, 2.05) is 4.90 Å². The van der Waals surface area contributed by atoms with Crippen LogP contribution in [0.2, 0.25) is 0 Å². The lowest BCUT2D eigenvalue weighted by Crippen LogP contribution is -2.38. The molecule has 0 spiro atoms. The van der Waals surface area contributed by atoms with Crippen LogP contribution >= 0.6 is 0 Å². The molecule has 110 valence electrons. The van der Waals surface area contributed by atoms with E-state index in [2.05, 4.69) is 5.32 Å². The highest BCUT2D eigenvalue weighted by molar-refractivity contribution is 5.77. The first-order valence-electron chi connectivity index (χ1n) is 7.04. The van der Waals surface area contributed by atoms with E-state index in [4.69, 9.17) is 4.74 Å². The van der Waals surface area contributed by atoms with Crippen molar-refractivity contribution in [2.45, 2.75) is 25.8 Å². The summed E-state index contributed by atoms with van der Waals surface area (Å²) in [6, 6.07) is 4.35. The maximum atomic E-state index is 13.2. The van der Waals surface area contributed by atoms with Crippen LogP contribution in [-0.4, -0.2) is 37.6 Å². The summed E-state index contributed by atoms with van der Waals surface area (Å²) in [7, 11) is 1.79. The third-order valence-corrected chi connectivity index (χ3v) is 3.45. The summed E-state index contributed by atoms with van der Waals surface area (Å²) < 4.78 is 18.8. The predicted octanol–water partition coefficient (Wildman–Crippen LogP) is 1.94. The Morgan fingerprint density at radius 3 is 2.80 bits per heavy atom. The summed E-state index contributed by atoms with van der Waals surface area (Å²) in [5.74, 6) is 0.264. The molecule has 5 heteroatoms. The van der Waals surface area contributed by atoms with Crippen molar-refractivity contribution in [2.75, 3.05) is 26.7 Å². The van der Waals surface area contributed by atoms with Gasteiger partial charge >= 0.3 is 0 Å². The second kappa shape index (κ2) is 7.24. The van der Waals surface area contributed by atoms with Crippen LogP contribution < -0.4 is 10.1 Å².